The smallest absolute Gasteiger partial charge is 0.0267 e. The van der Waals surface area contributed by atoms with Gasteiger partial charge in [-0.2, -0.15) is 0 Å². The summed E-state index contributed by atoms with van der Waals surface area (Å²) in [6.45, 7) is 0. The largest absolute Gasteiger partial charge is 0.0845 e. The van der Waals surface area contributed by atoms with Crippen molar-refractivity contribution >= 4 is 0 Å². The van der Waals surface area contributed by atoms with Crippen molar-refractivity contribution in [2.75, 3.05) is 0 Å². The molecular formula is C9H14. The quantitative estimate of drug-likeness (QED) is 0.464. The first-order valence-electron chi connectivity index (χ1n) is 4.21. The first kappa shape index (κ1) is 5.28. The summed E-state index contributed by atoms with van der Waals surface area (Å²) in [7, 11) is 0. The highest BCUT2D eigenvalue weighted by molar-refractivity contribution is 5.02. The normalized spacial score (nSPS) is 31.3. The van der Waals surface area contributed by atoms with Crippen LogP contribution in [0, 0.1) is 0 Å². The summed E-state index contributed by atoms with van der Waals surface area (Å²) in [5, 5.41) is 0. The molecule has 0 N–H and O–H groups in total. The second-order valence-corrected chi connectivity index (χ2v) is 2.30. The second kappa shape index (κ2) is 4.37. The Hall–Kier alpha value is -0.520. The maximum absolute atomic E-state index is 7.54. The van der Waals surface area contributed by atoms with Crippen LogP contribution in [0.4, 0.5) is 0 Å². The molecule has 0 saturated carbocycles. The monoisotopic (exact) mass is 123 g/mol. The topological polar surface area (TPSA) is 0 Å². The van der Waals surface area contributed by atoms with Crippen LogP contribution in [0.3, 0.4) is 0 Å². The fourth-order valence-electron chi connectivity index (χ4n) is 0.922. The van der Waals surface area contributed by atoms with Crippen LogP contribution in [-0.2, 0) is 0 Å². The molecule has 0 aliphatic heterocycles. The molecule has 0 spiro atoms. The summed E-state index contributed by atoms with van der Waals surface area (Å²) < 4.78 is 7.54. The van der Waals surface area contributed by atoms with Crippen molar-refractivity contribution in [3.8, 4) is 0 Å². The third-order valence-electron chi connectivity index (χ3n) is 1.46. The molecule has 0 aromatic heterocycles. The molecule has 1 aliphatic rings. The lowest BCUT2D eigenvalue weighted by atomic mass is 10.1. The number of rotatable bonds is 0. The molecule has 9 heavy (non-hydrogen) atoms. The molecule has 0 unspecified atom stereocenters. The maximum atomic E-state index is 7.54. The lowest BCUT2D eigenvalue weighted by Crippen LogP contribution is -1.72. The molecule has 0 radical (unpaired) electrons. The van der Waals surface area contributed by atoms with Gasteiger partial charge in [0.25, 0.3) is 0 Å². The van der Waals surface area contributed by atoms with E-state index in [9.17, 15) is 0 Å². The molecule has 0 nitrogen and oxygen atoms in total. The first-order chi connectivity index (χ1) is 4.89. The molecule has 0 fully saturated rings. The van der Waals surface area contributed by atoms with E-state index in [4.69, 9.17) is 1.37 Å². The molecule has 0 saturated heterocycles. The zero-order valence-electron chi connectivity index (χ0n) is 6.72. The van der Waals surface area contributed by atoms with Crippen LogP contribution >= 0.6 is 0 Å². The van der Waals surface area contributed by atoms with Crippen molar-refractivity contribution in [2.45, 2.75) is 32.1 Å². The van der Waals surface area contributed by atoms with Gasteiger partial charge >= 0.3 is 0 Å². The minimum Gasteiger partial charge on any atom is -0.0845 e. The fourth-order valence-corrected chi connectivity index (χ4v) is 0.922. The molecular weight excluding hydrogens is 108 g/mol. The van der Waals surface area contributed by atoms with Crippen molar-refractivity contribution < 1.29 is 1.37 Å². The zero-order chi connectivity index (χ0) is 7.23. The summed E-state index contributed by atoms with van der Waals surface area (Å²) in [6.07, 6.45) is 12.8. The van der Waals surface area contributed by atoms with Gasteiger partial charge in [0, 0.05) is 1.37 Å². The van der Waals surface area contributed by atoms with Crippen LogP contribution in [0.1, 0.15) is 33.5 Å². The molecule has 0 aromatic carbocycles. The highest BCUT2D eigenvalue weighted by Crippen LogP contribution is 2.06. The van der Waals surface area contributed by atoms with Crippen LogP contribution in [0.15, 0.2) is 24.3 Å². The highest BCUT2D eigenvalue weighted by atomic mass is 13.9. The van der Waals surface area contributed by atoms with E-state index in [2.05, 4.69) is 24.3 Å². The van der Waals surface area contributed by atoms with Crippen LogP contribution in [-0.4, -0.2) is 0 Å². The summed E-state index contributed by atoms with van der Waals surface area (Å²) in [4.78, 5) is 0. The predicted octanol–water partition coefficient (Wildman–Crippen LogP) is 3.06. The SMILES string of the molecule is [2H]C1CC/C=C\C=C/CC1. The fraction of sp³-hybridized carbons (Fsp3) is 0.556. The average Bonchev–Trinajstić information content (AvgIpc) is 2.02. The average molecular weight is 123 g/mol. The third kappa shape index (κ3) is 3.12. The third-order valence-corrected chi connectivity index (χ3v) is 1.46. The van der Waals surface area contributed by atoms with Crippen molar-refractivity contribution in [1.82, 2.24) is 0 Å². The lowest BCUT2D eigenvalue weighted by molar-refractivity contribution is 0.698. The van der Waals surface area contributed by atoms with E-state index in [1.807, 2.05) is 0 Å². The van der Waals surface area contributed by atoms with Crippen molar-refractivity contribution in [3.63, 3.8) is 0 Å². The Kier molecular flexibility index (Phi) is 2.56. The van der Waals surface area contributed by atoms with Crippen LogP contribution in [0.5, 0.6) is 0 Å². The standard InChI is InChI=1S/C9H14/c1-2-4-6-8-9-7-5-3-1/h1-4H,5-9H2/b3-1-,4-2-/i9D. The molecule has 0 heterocycles. The number of hydrogen-bond donors (Lipinski definition) is 0. The Balaban J connectivity index is 2.37. The van der Waals surface area contributed by atoms with E-state index in [-0.39, 0.29) is 6.40 Å². The van der Waals surface area contributed by atoms with Crippen molar-refractivity contribution in [2.24, 2.45) is 0 Å². The van der Waals surface area contributed by atoms with Gasteiger partial charge < -0.3 is 0 Å². The Bertz CT molecular complexity index is 120. The van der Waals surface area contributed by atoms with E-state index in [1.165, 1.54) is 0 Å². The Morgan fingerprint density at radius 1 is 1.00 bits per heavy atom. The van der Waals surface area contributed by atoms with Gasteiger partial charge in [0.1, 0.15) is 0 Å². The van der Waals surface area contributed by atoms with Crippen LogP contribution < -0.4 is 0 Å². The van der Waals surface area contributed by atoms with Gasteiger partial charge in [0.15, 0.2) is 0 Å². The van der Waals surface area contributed by atoms with Crippen molar-refractivity contribution in [3.05, 3.63) is 24.3 Å². The number of allylic oxidation sites excluding steroid dienone is 4. The van der Waals surface area contributed by atoms with Crippen LogP contribution in [0.25, 0.3) is 0 Å². The van der Waals surface area contributed by atoms with Gasteiger partial charge in [-0.25, -0.2) is 0 Å². The predicted molar refractivity (Wildman–Crippen MR) is 41.4 cm³/mol. The number of hydrogen-bond acceptors (Lipinski definition) is 0. The highest BCUT2D eigenvalue weighted by Gasteiger charge is 1.86. The van der Waals surface area contributed by atoms with Crippen LogP contribution in [0.2, 0.25) is 0 Å². The lowest BCUT2D eigenvalue weighted by Gasteiger charge is -1.91. The minimum absolute atomic E-state index is 0.160. The van der Waals surface area contributed by atoms with Gasteiger partial charge in [-0.15, -0.1) is 0 Å². The molecule has 0 heteroatoms. The Morgan fingerprint density at radius 3 is 2.11 bits per heavy atom. The summed E-state index contributed by atoms with van der Waals surface area (Å²) in [5.74, 6) is 0. The van der Waals surface area contributed by atoms with Gasteiger partial charge in [-0.05, 0) is 25.7 Å². The summed E-state index contributed by atoms with van der Waals surface area (Å²) in [5.41, 5.74) is 0. The molecule has 50 valence electrons. The second-order valence-electron chi connectivity index (χ2n) is 2.30. The Morgan fingerprint density at radius 2 is 1.56 bits per heavy atom. The first-order valence-corrected chi connectivity index (χ1v) is 3.63. The van der Waals surface area contributed by atoms with E-state index >= 15 is 0 Å². The molecule has 0 amide bonds. The molecule has 0 atom stereocenters. The van der Waals surface area contributed by atoms with Gasteiger partial charge in [0.05, 0.1) is 0 Å². The van der Waals surface area contributed by atoms with E-state index in [1.54, 1.807) is 0 Å². The van der Waals surface area contributed by atoms with Gasteiger partial charge in [-0.1, -0.05) is 30.7 Å². The minimum atomic E-state index is 0.160. The summed E-state index contributed by atoms with van der Waals surface area (Å²) in [6, 6.07) is 0. The molecule has 1 aliphatic carbocycles. The zero-order valence-corrected chi connectivity index (χ0v) is 5.72. The van der Waals surface area contributed by atoms with Gasteiger partial charge in [-0.3, -0.25) is 0 Å². The van der Waals surface area contributed by atoms with Crippen molar-refractivity contribution in [1.29, 1.82) is 0 Å². The van der Waals surface area contributed by atoms with Gasteiger partial charge in [0.2, 0.25) is 0 Å². The van der Waals surface area contributed by atoms with E-state index in [0.29, 0.717) is 0 Å². The molecule has 1 rings (SSSR count). The van der Waals surface area contributed by atoms with E-state index < -0.39 is 0 Å². The summed E-state index contributed by atoms with van der Waals surface area (Å²) >= 11 is 0. The molecule has 0 aromatic rings. The maximum Gasteiger partial charge on any atom is 0.0267 e. The Labute approximate surface area is 58.7 Å². The molecule has 0 bridgehead atoms. The van der Waals surface area contributed by atoms with E-state index in [0.717, 1.165) is 25.7 Å².